The van der Waals surface area contributed by atoms with Gasteiger partial charge in [-0.15, -0.1) is 0 Å². The van der Waals surface area contributed by atoms with Crippen LogP contribution in [0.25, 0.3) is 0 Å². The molecule has 88 valence electrons. The van der Waals surface area contributed by atoms with Crippen LogP contribution >= 0.6 is 0 Å². The van der Waals surface area contributed by atoms with E-state index in [1.807, 2.05) is 0 Å². The summed E-state index contributed by atoms with van der Waals surface area (Å²) >= 11 is 0.555. The monoisotopic (exact) mass is 331 g/mol. The van der Waals surface area contributed by atoms with E-state index in [0.29, 0.717) is 21.2 Å². The normalized spacial score (nSPS) is 40.0. The third-order valence-corrected chi connectivity index (χ3v) is 5.96. The Morgan fingerprint density at radius 3 is 2.94 bits per heavy atom. The van der Waals surface area contributed by atoms with E-state index in [1.165, 1.54) is 23.7 Å². The second-order valence-electron chi connectivity index (χ2n) is 5.05. The first-order chi connectivity index (χ1) is 7.93. The van der Waals surface area contributed by atoms with E-state index in [2.05, 4.69) is 28.7 Å². The lowest BCUT2D eigenvalue weighted by molar-refractivity contribution is -0.485. The first-order valence-corrected chi connectivity index (χ1v) is 9.16. The van der Waals surface area contributed by atoms with Crippen molar-refractivity contribution in [2.45, 2.75) is 29.2 Å². The van der Waals surface area contributed by atoms with Crippen LogP contribution in [0.15, 0.2) is 17.1 Å². The van der Waals surface area contributed by atoms with Crippen molar-refractivity contribution in [3.63, 3.8) is 0 Å². The molecule has 16 heavy (non-hydrogen) atoms. The Balaban J connectivity index is 1.18. The van der Waals surface area contributed by atoms with Gasteiger partial charge in [-0.1, -0.05) is 12.2 Å². The molecule has 3 heteroatoms. The highest BCUT2D eigenvalue weighted by Gasteiger charge is 2.52. The van der Waals surface area contributed by atoms with Crippen LogP contribution in [-0.2, 0) is 0 Å². The van der Waals surface area contributed by atoms with Crippen LogP contribution < -0.4 is 26.5 Å². The van der Waals surface area contributed by atoms with Crippen LogP contribution in [0, 0.1) is 11.8 Å². The molecule has 3 rings (SSSR count). The van der Waals surface area contributed by atoms with Gasteiger partial charge in [-0.05, 0) is 37.6 Å². The molecule has 1 heterocycles. The lowest BCUT2D eigenvalue weighted by Crippen LogP contribution is -3.48. The maximum atomic E-state index is 4.41. The highest BCUT2D eigenvalue weighted by atomic mass is 127. The fourth-order valence-electron chi connectivity index (χ4n) is 2.49. The van der Waals surface area contributed by atoms with E-state index in [4.69, 9.17) is 0 Å². The largest absolute Gasteiger partial charge is 0.313 e. The number of nitrogens with one attached hydrogen (secondary N) is 1. The minimum absolute atomic E-state index is 0.555. The first-order valence-electron chi connectivity index (χ1n) is 6.39. The summed E-state index contributed by atoms with van der Waals surface area (Å²) in [5, 5.41) is 3.64. The van der Waals surface area contributed by atoms with Crippen molar-refractivity contribution >= 4 is 6.21 Å². The topological polar surface area (TPSA) is 24.4 Å². The quantitative estimate of drug-likeness (QED) is 0.198. The van der Waals surface area contributed by atoms with Gasteiger partial charge in [-0.3, -0.25) is 4.99 Å². The van der Waals surface area contributed by atoms with Crippen LogP contribution in [0.2, 0.25) is 0 Å². The van der Waals surface area contributed by atoms with Gasteiger partial charge in [0.2, 0.25) is 3.92 Å². The van der Waals surface area contributed by atoms with E-state index in [-0.39, 0.29) is 0 Å². The summed E-state index contributed by atoms with van der Waals surface area (Å²) in [5.74, 6) is 2.18. The van der Waals surface area contributed by atoms with Gasteiger partial charge in [-0.25, -0.2) is 0 Å². The molecule has 1 saturated heterocycles. The van der Waals surface area contributed by atoms with Gasteiger partial charge in [0.15, 0.2) is 4.43 Å². The molecule has 0 amide bonds. The first kappa shape index (κ1) is 11.2. The third kappa shape index (κ3) is 3.06. The van der Waals surface area contributed by atoms with Crippen LogP contribution in [0.5, 0.6) is 0 Å². The molecule has 4 unspecified atom stereocenters. The van der Waals surface area contributed by atoms with Gasteiger partial charge >= 0.3 is 0 Å². The molecule has 0 aromatic carbocycles. The summed E-state index contributed by atoms with van der Waals surface area (Å²) in [5.41, 5.74) is 0. The third-order valence-electron chi connectivity index (χ3n) is 3.75. The van der Waals surface area contributed by atoms with Crippen molar-refractivity contribution in [2.24, 2.45) is 16.8 Å². The zero-order valence-electron chi connectivity index (χ0n) is 9.61. The molecule has 2 aliphatic carbocycles. The Kier molecular flexibility index (Phi) is 3.62. The fourth-order valence-corrected chi connectivity index (χ4v) is 3.46. The number of nitrogens with zero attached hydrogens (tertiary/aromatic N) is 1. The molecule has 3 aliphatic rings. The van der Waals surface area contributed by atoms with Gasteiger partial charge in [0, 0.05) is 6.04 Å². The molecule has 2 nitrogen and oxygen atoms in total. The predicted octanol–water partition coefficient (Wildman–Crippen LogP) is -1.53. The molecule has 1 N–H and O–H groups in total. The molecule has 0 radical (unpaired) electrons. The molecule has 1 aliphatic heterocycles. The number of hydrogen-bond acceptors (Lipinski definition) is 2. The average molecular weight is 331 g/mol. The Bertz CT molecular complexity index is 296. The lowest BCUT2D eigenvalue weighted by atomic mass is 9.93. The van der Waals surface area contributed by atoms with E-state index < -0.39 is 0 Å². The Labute approximate surface area is 108 Å². The van der Waals surface area contributed by atoms with Crippen LogP contribution in [0.4, 0.5) is 0 Å². The maximum absolute atomic E-state index is 4.41. The van der Waals surface area contributed by atoms with Gasteiger partial charge in [0.05, 0.1) is 12.8 Å². The van der Waals surface area contributed by atoms with Gasteiger partial charge in [-0.2, -0.15) is 0 Å². The summed E-state index contributed by atoms with van der Waals surface area (Å²) in [7, 11) is 0. The highest BCUT2D eigenvalue weighted by molar-refractivity contribution is 5.64. The van der Waals surface area contributed by atoms with E-state index in [1.54, 1.807) is 0 Å². The van der Waals surface area contributed by atoms with Gasteiger partial charge in [0.25, 0.3) is 21.2 Å². The number of rotatable bonds is 7. The van der Waals surface area contributed by atoms with Crippen molar-refractivity contribution < 1.29 is 21.2 Å². The molecular formula is C13H20IN2+. The molecular weight excluding hydrogens is 311 g/mol. The molecule has 3 fully saturated rings. The van der Waals surface area contributed by atoms with Crippen molar-refractivity contribution in [2.75, 3.05) is 17.5 Å². The standard InChI is InChI=1S/C13H20IN2/c1(2-4-15-9-11-8-14-11)3-5-16-13-7-10-6-12(10)13/h1-2,9-13,16H,3-8H2/q+1/b2-1+,15-9?. The Morgan fingerprint density at radius 1 is 1.31 bits per heavy atom. The van der Waals surface area contributed by atoms with Crippen molar-refractivity contribution in [1.82, 2.24) is 5.32 Å². The van der Waals surface area contributed by atoms with Crippen LogP contribution in [0.3, 0.4) is 0 Å². The Morgan fingerprint density at radius 2 is 2.25 bits per heavy atom. The smallest absolute Gasteiger partial charge is 0.288 e. The maximum Gasteiger partial charge on any atom is 0.288 e. The zero-order chi connectivity index (χ0) is 10.8. The van der Waals surface area contributed by atoms with E-state index in [0.717, 1.165) is 34.9 Å². The number of halogens is 1. The number of alkyl halides is 2. The van der Waals surface area contributed by atoms with Gasteiger partial charge < -0.3 is 5.32 Å². The second kappa shape index (κ2) is 5.17. The van der Waals surface area contributed by atoms with Crippen molar-refractivity contribution in [1.29, 1.82) is 0 Å². The van der Waals surface area contributed by atoms with E-state index in [9.17, 15) is 0 Å². The summed E-state index contributed by atoms with van der Waals surface area (Å²) < 4.78 is 2.40. The molecule has 0 aromatic rings. The molecule has 0 spiro atoms. The SMILES string of the molecule is C(=NC/C=C/CCNC1CC2CC21)C1C[I+]1. The number of hydrogen-bond donors (Lipinski definition) is 1. The summed E-state index contributed by atoms with van der Waals surface area (Å²) in [6, 6.07) is 0.871. The zero-order valence-corrected chi connectivity index (χ0v) is 11.8. The molecule has 2 saturated carbocycles. The van der Waals surface area contributed by atoms with Gasteiger partial charge in [0.1, 0.15) is 0 Å². The van der Waals surface area contributed by atoms with Crippen LogP contribution in [-0.4, -0.2) is 33.7 Å². The summed E-state index contributed by atoms with van der Waals surface area (Å²) in [6.07, 6.45) is 10.8. The predicted molar refractivity (Wildman–Crippen MR) is 63.8 cm³/mol. The van der Waals surface area contributed by atoms with E-state index >= 15 is 0 Å². The average Bonchev–Trinajstić information content (AvgIpc) is 3.14. The Hall–Kier alpha value is 0.1000. The number of aliphatic imine (C=N–C) groups is 1. The summed E-state index contributed by atoms with van der Waals surface area (Å²) in [6.45, 7) is 2.05. The highest BCUT2D eigenvalue weighted by Crippen LogP contribution is 2.55. The van der Waals surface area contributed by atoms with Crippen molar-refractivity contribution in [3.8, 4) is 0 Å². The van der Waals surface area contributed by atoms with Crippen LogP contribution in [0.1, 0.15) is 19.3 Å². The molecule has 4 atom stereocenters. The lowest BCUT2D eigenvalue weighted by Gasteiger charge is -2.25. The fraction of sp³-hybridized carbons (Fsp3) is 0.769. The molecule has 0 aromatic heterocycles. The second-order valence-corrected chi connectivity index (χ2v) is 8.42. The number of fused-ring (bicyclic) bond motifs is 1. The minimum atomic E-state index is 0.555. The summed E-state index contributed by atoms with van der Waals surface area (Å²) in [4.78, 5) is 4.41. The minimum Gasteiger partial charge on any atom is -0.313 e. The van der Waals surface area contributed by atoms with Crippen molar-refractivity contribution in [3.05, 3.63) is 12.2 Å². The molecule has 0 bridgehead atoms.